The molecule has 0 spiro atoms. The summed E-state index contributed by atoms with van der Waals surface area (Å²) >= 11 is 0. The molecule has 0 amide bonds. The summed E-state index contributed by atoms with van der Waals surface area (Å²) in [6, 6.07) is 0. The van der Waals surface area contributed by atoms with Crippen molar-refractivity contribution >= 4 is 11.8 Å². The van der Waals surface area contributed by atoms with Crippen LogP contribution >= 0.6 is 0 Å². The van der Waals surface area contributed by atoms with Crippen molar-refractivity contribution in [2.45, 2.75) is 39.0 Å². The van der Waals surface area contributed by atoms with Crippen LogP contribution < -0.4 is 0 Å². The first-order valence-corrected chi connectivity index (χ1v) is 5.05. The molecule has 0 radical (unpaired) electrons. The van der Waals surface area contributed by atoms with Crippen LogP contribution in [0.15, 0.2) is 11.1 Å². The Morgan fingerprint density at radius 3 is 2.71 bits per heavy atom. The minimum absolute atomic E-state index is 0.228. The van der Waals surface area contributed by atoms with Crippen LogP contribution in [-0.4, -0.2) is 16.9 Å². The topological polar surface area (TPSA) is 54.4 Å². The summed E-state index contributed by atoms with van der Waals surface area (Å²) in [4.78, 5) is 22.6. The molecule has 3 nitrogen and oxygen atoms in total. The average Bonchev–Trinajstić information content (AvgIpc) is 2.42. The molecular formula is C11H14O3. The second kappa shape index (κ2) is 2.94. The molecular weight excluding hydrogens is 180 g/mol. The zero-order chi connectivity index (χ0) is 10.3. The fraction of sp³-hybridized carbons (Fsp3) is 0.636. The number of carbonyl (C=O) groups is 2. The Kier molecular flexibility index (Phi) is 1.98. The number of carboxylic acids is 1. The standard InChI is InChI=1S/C11H14O3/c1-11-6-2-3-7(10(13)14)8(11)4-5-9(11)12/h2-6H2,1H3,(H,13,14)/t11-/m0/s1. The molecule has 0 aromatic rings. The van der Waals surface area contributed by atoms with E-state index in [0.29, 0.717) is 24.8 Å². The lowest BCUT2D eigenvalue weighted by Crippen LogP contribution is -2.28. The molecule has 14 heavy (non-hydrogen) atoms. The molecule has 2 aliphatic rings. The van der Waals surface area contributed by atoms with Gasteiger partial charge in [0, 0.05) is 17.4 Å². The number of rotatable bonds is 1. The number of hydrogen-bond acceptors (Lipinski definition) is 2. The Morgan fingerprint density at radius 1 is 1.36 bits per heavy atom. The van der Waals surface area contributed by atoms with Crippen molar-refractivity contribution in [2.24, 2.45) is 5.41 Å². The van der Waals surface area contributed by atoms with E-state index in [1.54, 1.807) is 0 Å². The van der Waals surface area contributed by atoms with Gasteiger partial charge in [-0.05, 0) is 38.2 Å². The quantitative estimate of drug-likeness (QED) is 0.693. The maximum Gasteiger partial charge on any atom is 0.331 e. The second-order valence-corrected chi connectivity index (χ2v) is 4.37. The Morgan fingerprint density at radius 2 is 2.07 bits per heavy atom. The fourth-order valence-corrected chi connectivity index (χ4v) is 2.74. The smallest absolute Gasteiger partial charge is 0.331 e. The molecule has 2 aliphatic carbocycles. The first kappa shape index (κ1) is 9.44. The lowest BCUT2D eigenvalue weighted by atomic mass is 9.72. The maximum absolute atomic E-state index is 11.7. The van der Waals surface area contributed by atoms with Crippen LogP contribution in [0.4, 0.5) is 0 Å². The van der Waals surface area contributed by atoms with Crippen molar-refractivity contribution in [1.29, 1.82) is 0 Å². The number of Topliss-reactive ketones (excluding diaryl/α,β-unsaturated/α-hetero) is 1. The highest BCUT2D eigenvalue weighted by atomic mass is 16.4. The molecule has 0 aromatic carbocycles. The van der Waals surface area contributed by atoms with Crippen LogP contribution in [0.3, 0.4) is 0 Å². The van der Waals surface area contributed by atoms with E-state index in [1.807, 2.05) is 6.92 Å². The van der Waals surface area contributed by atoms with Crippen LogP contribution in [0.2, 0.25) is 0 Å². The largest absolute Gasteiger partial charge is 0.478 e. The van der Waals surface area contributed by atoms with Gasteiger partial charge >= 0.3 is 5.97 Å². The van der Waals surface area contributed by atoms with E-state index < -0.39 is 11.4 Å². The lowest BCUT2D eigenvalue weighted by Gasteiger charge is -2.30. The first-order chi connectivity index (χ1) is 6.55. The van der Waals surface area contributed by atoms with Gasteiger partial charge in [-0.25, -0.2) is 4.79 Å². The zero-order valence-corrected chi connectivity index (χ0v) is 8.30. The molecule has 0 unspecified atom stereocenters. The van der Waals surface area contributed by atoms with Gasteiger partial charge in [0.1, 0.15) is 5.78 Å². The van der Waals surface area contributed by atoms with Crippen LogP contribution in [0.1, 0.15) is 39.0 Å². The SMILES string of the molecule is C[C@]12CCCC(C(=O)O)=C1CCC2=O. The monoisotopic (exact) mass is 194 g/mol. The predicted molar refractivity (Wildman–Crippen MR) is 50.9 cm³/mol. The molecule has 3 heteroatoms. The minimum atomic E-state index is -0.833. The Hall–Kier alpha value is -1.12. The van der Waals surface area contributed by atoms with Crippen molar-refractivity contribution < 1.29 is 14.7 Å². The van der Waals surface area contributed by atoms with Gasteiger partial charge in [-0.1, -0.05) is 0 Å². The summed E-state index contributed by atoms with van der Waals surface area (Å²) in [7, 11) is 0. The average molecular weight is 194 g/mol. The van der Waals surface area contributed by atoms with Crippen LogP contribution in [0.5, 0.6) is 0 Å². The van der Waals surface area contributed by atoms with E-state index in [-0.39, 0.29) is 5.78 Å². The molecule has 0 aliphatic heterocycles. The van der Waals surface area contributed by atoms with E-state index in [0.717, 1.165) is 18.4 Å². The molecule has 1 atom stereocenters. The van der Waals surface area contributed by atoms with Gasteiger partial charge in [-0.3, -0.25) is 4.79 Å². The highest BCUT2D eigenvalue weighted by molar-refractivity contribution is 5.96. The number of hydrogen-bond donors (Lipinski definition) is 1. The van der Waals surface area contributed by atoms with Gasteiger partial charge < -0.3 is 5.11 Å². The molecule has 0 bridgehead atoms. The number of allylic oxidation sites excluding steroid dienone is 1. The van der Waals surface area contributed by atoms with Gasteiger partial charge in [-0.2, -0.15) is 0 Å². The number of aliphatic carboxylic acids is 1. The summed E-state index contributed by atoms with van der Waals surface area (Å²) < 4.78 is 0. The second-order valence-electron chi connectivity index (χ2n) is 4.37. The van der Waals surface area contributed by atoms with Crippen LogP contribution in [-0.2, 0) is 9.59 Å². The van der Waals surface area contributed by atoms with E-state index in [9.17, 15) is 9.59 Å². The zero-order valence-electron chi connectivity index (χ0n) is 8.30. The minimum Gasteiger partial charge on any atom is -0.478 e. The molecule has 76 valence electrons. The normalized spacial score (nSPS) is 31.9. The highest BCUT2D eigenvalue weighted by Gasteiger charge is 2.45. The Balaban J connectivity index is 2.51. The Labute approximate surface area is 82.8 Å². The van der Waals surface area contributed by atoms with Crippen molar-refractivity contribution in [2.75, 3.05) is 0 Å². The third-order valence-corrected chi connectivity index (χ3v) is 3.61. The fourth-order valence-electron chi connectivity index (χ4n) is 2.74. The van der Waals surface area contributed by atoms with E-state index >= 15 is 0 Å². The summed E-state index contributed by atoms with van der Waals surface area (Å²) in [5.41, 5.74) is 0.970. The maximum atomic E-state index is 11.7. The van der Waals surface area contributed by atoms with Crippen molar-refractivity contribution in [1.82, 2.24) is 0 Å². The molecule has 0 aromatic heterocycles. The van der Waals surface area contributed by atoms with E-state index in [1.165, 1.54) is 0 Å². The number of carboxylic acid groups (broad SMARTS) is 1. The van der Waals surface area contributed by atoms with Gasteiger partial charge in [0.25, 0.3) is 0 Å². The first-order valence-electron chi connectivity index (χ1n) is 5.05. The summed E-state index contributed by atoms with van der Waals surface area (Å²) in [6.45, 7) is 1.90. The molecule has 1 saturated carbocycles. The Bertz CT molecular complexity index is 340. The van der Waals surface area contributed by atoms with Crippen LogP contribution in [0.25, 0.3) is 0 Å². The summed E-state index contributed by atoms with van der Waals surface area (Å²) in [5, 5.41) is 9.02. The van der Waals surface area contributed by atoms with Gasteiger partial charge in [0.2, 0.25) is 0 Å². The van der Waals surface area contributed by atoms with E-state index in [2.05, 4.69) is 0 Å². The van der Waals surface area contributed by atoms with Crippen LogP contribution in [0, 0.1) is 5.41 Å². The predicted octanol–water partition coefficient (Wildman–Crippen LogP) is 1.92. The van der Waals surface area contributed by atoms with Crippen molar-refractivity contribution in [3.8, 4) is 0 Å². The molecule has 1 N–H and O–H groups in total. The molecule has 2 rings (SSSR count). The van der Waals surface area contributed by atoms with Gasteiger partial charge in [0.15, 0.2) is 0 Å². The number of ketones is 1. The summed E-state index contributed by atoms with van der Waals surface area (Å²) in [6.07, 6.45) is 3.48. The lowest BCUT2D eigenvalue weighted by molar-refractivity contribution is -0.133. The highest BCUT2D eigenvalue weighted by Crippen LogP contribution is 2.48. The molecule has 1 fully saturated rings. The third kappa shape index (κ3) is 1.11. The van der Waals surface area contributed by atoms with Gasteiger partial charge in [0.05, 0.1) is 0 Å². The summed E-state index contributed by atoms with van der Waals surface area (Å²) in [5.74, 6) is -0.605. The number of carbonyl (C=O) groups excluding carboxylic acids is 1. The molecule has 0 heterocycles. The van der Waals surface area contributed by atoms with Crippen molar-refractivity contribution in [3.63, 3.8) is 0 Å². The third-order valence-electron chi connectivity index (χ3n) is 3.61. The van der Waals surface area contributed by atoms with Gasteiger partial charge in [-0.15, -0.1) is 0 Å². The van der Waals surface area contributed by atoms with E-state index in [4.69, 9.17) is 5.11 Å². The number of fused-ring (bicyclic) bond motifs is 1. The molecule has 0 saturated heterocycles. The van der Waals surface area contributed by atoms with Crippen molar-refractivity contribution in [3.05, 3.63) is 11.1 Å².